The fourth-order valence-corrected chi connectivity index (χ4v) is 3.90. The predicted molar refractivity (Wildman–Crippen MR) is 122 cm³/mol. The van der Waals surface area contributed by atoms with Crippen LogP contribution in [-0.4, -0.2) is 19.0 Å². The van der Waals surface area contributed by atoms with Gasteiger partial charge in [-0.15, -0.1) is 0 Å². The highest BCUT2D eigenvalue weighted by molar-refractivity contribution is 6.02. The monoisotopic (exact) mass is 402 g/mol. The Morgan fingerprint density at radius 3 is 2.77 bits per heavy atom. The Balaban J connectivity index is 1.43. The van der Waals surface area contributed by atoms with Crippen molar-refractivity contribution in [3.05, 3.63) is 76.2 Å². The van der Waals surface area contributed by atoms with E-state index in [1.54, 1.807) is 12.1 Å². The van der Waals surface area contributed by atoms with Crippen molar-refractivity contribution in [1.82, 2.24) is 0 Å². The predicted octanol–water partition coefficient (Wildman–Crippen LogP) is 4.99. The van der Waals surface area contributed by atoms with Gasteiger partial charge in [0.2, 0.25) is 5.91 Å². The average Bonchev–Trinajstić information content (AvgIpc) is 2.74. The summed E-state index contributed by atoms with van der Waals surface area (Å²) in [6.45, 7) is 6.35. The number of nitrogens with one attached hydrogen (secondary N) is 1. The SMILES string of the molecule is Cc1ccc2occ(/C=C/C(=O)Nc3ccc(N4CCCC(C)C4)cc3)c(=O)c2c1. The molecule has 0 spiro atoms. The molecule has 1 N–H and O–H groups in total. The molecule has 5 heteroatoms. The molecule has 2 heterocycles. The van der Waals surface area contributed by atoms with Crippen LogP contribution in [0.4, 0.5) is 11.4 Å². The second kappa shape index (κ2) is 8.57. The molecule has 154 valence electrons. The molecule has 1 aromatic heterocycles. The highest BCUT2D eigenvalue weighted by Gasteiger charge is 2.16. The van der Waals surface area contributed by atoms with Crippen LogP contribution in [0, 0.1) is 12.8 Å². The van der Waals surface area contributed by atoms with E-state index in [0.29, 0.717) is 22.5 Å². The zero-order chi connectivity index (χ0) is 21.1. The number of carbonyl (C=O) groups is 1. The standard InChI is InChI=1S/C25H26N2O3/c1-17-5-11-23-22(14-17)25(29)19(16-30-23)6-12-24(28)26-20-7-9-21(10-8-20)27-13-3-4-18(2)15-27/h5-12,14,16,18H,3-4,13,15H2,1-2H3,(H,26,28)/b12-6+. The van der Waals surface area contributed by atoms with E-state index in [1.165, 1.54) is 36.9 Å². The van der Waals surface area contributed by atoms with Crippen LogP contribution in [0.1, 0.15) is 30.9 Å². The first kappa shape index (κ1) is 20.0. The third kappa shape index (κ3) is 4.46. The lowest BCUT2D eigenvalue weighted by Gasteiger charge is -2.32. The third-order valence-electron chi connectivity index (χ3n) is 5.53. The van der Waals surface area contributed by atoms with E-state index >= 15 is 0 Å². The molecule has 1 atom stereocenters. The first-order valence-electron chi connectivity index (χ1n) is 10.4. The van der Waals surface area contributed by atoms with Gasteiger partial charge in [0.1, 0.15) is 11.8 Å². The molecule has 1 aliphatic heterocycles. The van der Waals surface area contributed by atoms with Gasteiger partial charge in [-0.25, -0.2) is 0 Å². The Kier molecular flexibility index (Phi) is 5.70. The van der Waals surface area contributed by atoms with E-state index in [2.05, 4.69) is 17.1 Å². The normalized spacial score (nSPS) is 16.9. The summed E-state index contributed by atoms with van der Waals surface area (Å²) in [6.07, 6.45) is 6.73. The van der Waals surface area contributed by atoms with Crippen molar-refractivity contribution in [2.45, 2.75) is 26.7 Å². The van der Waals surface area contributed by atoms with Crippen LogP contribution in [0.2, 0.25) is 0 Å². The van der Waals surface area contributed by atoms with Crippen molar-refractivity contribution in [2.75, 3.05) is 23.3 Å². The number of hydrogen-bond donors (Lipinski definition) is 1. The van der Waals surface area contributed by atoms with Crippen molar-refractivity contribution < 1.29 is 9.21 Å². The van der Waals surface area contributed by atoms with Gasteiger partial charge in [0, 0.05) is 30.5 Å². The summed E-state index contributed by atoms with van der Waals surface area (Å²) in [5, 5.41) is 3.35. The number of rotatable bonds is 4. The second-order valence-electron chi connectivity index (χ2n) is 8.08. The van der Waals surface area contributed by atoms with Gasteiger partial charge < -0.3 is 14.6 Å². The van der Waals surface area contributed by atoms with E-state index in [1.807, 2.05) is 37.3 Å². The Hall–Kier alpha value is -3.34. The van der Waals surface area contributed by atoms with Crippen molar-refractivity contribution in [1.29, 1.82) is 0 Å². The number of benzene rings is 2. The summed E-state index contributed by atoms with van der Waals surface area (Å²) in [4.78, 5) is 27.3. The maximum atomic E-state index is 12.6. The molecule has 1 fully saturated rings. The number of aryl methyl sites for hydroxylation is 1. The fourth-order valence-electron chi connectivity index (χ4n) is 3.90. The van der Waals surface area contributed by atoms with Crippen molar-refractivity contribution in [3.63, 3.8) is 0 Å². The maximum Gasteiger partial charge on any atom is 0.248 e. The van der Waals surface area contributed by atoms with Gasteiger partial charge in [-0.2, -0.15) is 0 Å². The number of carbonyl (C=O) groups excluding carboxylic acids is 1. The number of amides is 1. The van der Waals surface area contributed by atoms with Gasteiger partial charge in [0.15, 0.2) is 5.43 Å². The minimum Gasteiger partial charge on any atom is -0.463 e. The van der Waals surface area contributed by atoms with E-state index in [4.69, 9.17) is 4.42 Å². The van der Waals surface area contributed by atoms with Gasteiger partial charge >= 0.3 is 0 Å². The fraction of sp³-hybridized carbons (Fsp3) is 0.280. The van der Waals surface area contributed by atoms with Gasteiger partial charge in [-0.1, -0.05) is 18.6 Å². The molecular formula is C25H26N2O3. The Bertz CT molecular complexity index is 1150. The highest BCUT2D eigenvalue weighted by atomic mass is 16.3. The number of hydrogen-bond acceptors (Lipinski definition) is 4. The summed E-state index contributed by atoms with van der Waals surface area (Å²) in [5.41, 5.74) is 3.62. The van der Waals surface area contributed by atoms with Crippen LogP contribution in [0.25, 0.3) is 17.0 Å². The molecule has 2 aromatic carbocycles. The van der Waals surface area contributed by atoms with Gasteiger partial charge in [0.05, 0.1) is 10.9 Å². The second-order valence-corrected chi connectivity index (χ2v) is 8.08. The molecule has 0 aliphatic carbocycles. The molecule has 3 aromatic rings. The smallest absolute Gasteiger partial charge is 0.248 e. The molecule has 0 bridgehead atoms. The van der Waals surface area contributed by atoms with E-state index in [0.717, 1.165) is 24.3 Å². The minimum absolute atomic E-state index is 0.149. The number of fused-ring (bicyclic) bond motifs is 1. The molecule has 1 saturated heterocycles. The van der Waals surface area contributed by atoms with E-state index in [9.17, 15) is 9.59 Å². The van der Waals surface area contributed by atoms with Crippen LogP contribution in [0.3, 0.4) is 0 Å². The molecule has 0 radical (unpaired) electrons. The zero-order valence-electron chi connectivity index (χ0n) is 17.4. The van der Waals surface area contributed by atoms with Gasteiger partial charge in [0.25, 0.3) is 0 Å². The zero-order valence-corrected chi connectivity index (χ0v) is 17.4. The lowest BCUT2D eigenvalue weighted by Crippen LogP contribution is -2.34. The van der Waals surface area contributed by atoms with Crippen LogP contribution < -0.4 is 15.6 Å². The van der Waals surface area contributed by atoms with Crippen LogP contribution >= 0.6 is 0 Å². The topological polar surface area (TPSA) is 62.6 Å². The number of anilines is 2. The largest absolute Gasteiger partial charge is 0.463 e. The van der Waals surface area contributed by atoms with Gasteiger partial charge in [-0.05, 0) is 68.2 Å². The van der Waals surface area contributed by atoms with Crippen LogP contribution in [-0.2, 0) is 4.79 Å². The first-order valence-corrected chi connectivity index (χ1v) is 10.4. The Labute approximate surface area is 176 Å². The van der Waals surface area contributed by atoms with Crippen LogP contribution in [0.5, 0.6) is 0 Å². The number of piperidine rings is 1. The van der Waals surface area contributed by atoms with Crippen LogP contribution in [0.15, 0.2) is 64.0 Å². The summed E-state index contributed by atoms with van der Waals surface area (Å²) in [7, 11) is 0. The minimum atomic E-state index is -0.293. The number of nitrogens with zero attached hydrogens (tertiary/aromatic N) is 1. The average molecular weight is 402 g/mol. The third-order valence-corrected chi connectivity index (χ3v) is 5.53. The quantitative estimate of drug-likeness (QED) is 0.625. The lowest BCUT2D eigenvalue weighted by atomic mass is 10.00. The summed E-state index contributed by atoms with van der Waals surface area (Å²) in [5.74, 6) is 0.415. The summed E-state index contributed by atoms with van der Waals surface area (Å²) in [6, 6.07) is 13.4. The molecule has 1 aliphatic rings. The maximum absolute atomic E-state index is 12.6. The molecule has 0 saturated carbocycles. The Morgan fingerprint density at radius 1 is 1.20 bits per heavy atom. The van der Waals surface area contributed by atoms with Crippen molar-refractivity contribution in [3.8, 4) is 0 Å². The van der Waals surface area contributed by atoms with E-state index in [-0.39, 0.29) is 11.3 Å². The lowest BCUT2D eigenvalue weighted by molar-refractivity contribution is -0.111. The molecule has 4 rings (SSSR count). The molecule has 5 nitrogen and oxygen atoms in total. The van der Waals surface area contributed by atoms with Crippen molar-refractivity contribution in [2.24, 2.45) is 5.92 Å². The van der Waals surface area contributed by atoms with Gasteiger partial charge in [-0.3, -0.25) is 9.59 Å². The Morgan fingerprint density at radius 2 is 2.00 bits per heavy atom. The molecular weight excluding hydrogens is 376 g/mol. The molecule has 1 amide bonds. The molecule has 30 heavy (non-hydrogen) atoms. The van der Waals surface area contributed by atoms with Crippen molar-refractivity contribution >= 4 is 34.3 Å². The summed E-state index contributed by atoms with van der Waals surface area (Å²) < 4.78 is 5.52. The molecule has 1 unspecified atom stereocenters. The van der Waals surface area contributed by atoms with E-state index < -0.39 is 0 Å². The first-order chi connectivity index (χ1) is 14.5. The highest BCUT2D eigenvalue weighted by Crippen LogP contribution is 2.24. The summed E-state index contributed by atoms with van der Waals surface area (Å²) >= 11 is 0.